The van der Waals surface area contributed by atoms with E-state index in [0.717, 1.165) is 22.6 Å². The van der Waals surface area contributed by atoms with Crippen molar-refractivity contribution in [1.29, 1.82) is 0 Å². The third kappa shape index (κ3) is 3.36. The van der Waals surface area contributed by atoms with Gasteiger partial charge in [0.15, 0.2) is 17.2 Å². The molecule has 0 saturated carbocycles. The largest absolute Gasteiger partial charge is 0.494 e. The lowest BCUT2D eigenvalue weighted by atomic mass is 10.1. The average molecular weight is 432 g/mol. The minimum Gasteiger partial charge on any atom is -0.494 e. The van der Waals surface area contributed by atoms with Gasteiger partial charge < -0.3 is 23.5 Å². The van der Waals surface area contributed by atoms with Gasteiger partial charge in [-0.2, -0.15) is 10.1 Å². The summed E-state index contributed by atoms with van der Waals surface area (Å²) >= 11 is 0. The summed E-state index contributed by atoms with van der Waals surface area (Å²) in [6.07, 6.45) is -0.0854. The van der Waals surface area contributed by atoms with Crippen LogP contribution in [0.1, 0.15) is 24.3 Å². The van der Waals surface area contributed by atoms with E-state index in [2.05, 4.69) is 15.2 Å². The second kappa shape index (κ2) is 7.69. The maximum absolute atomic E-state index is 6.06. The van der Waals surface area contributed by atoms with E-state index in [1.54, 1.807) is 0 Å². The molecule has 0 unspecified atom stereocenters. The predicted octanol–water partition coefficient (Wildman–Crippen LogP) is 4.00. The van der Waals surface area contributed by atoms with E-state index < -0.39 is 0 Å². The molecule has 0 fully saturated rings. The Kier molecular flexibility index (Phi) is 4.53. The van der Waals surface area contributed by atoms with Gasteiger partial charge in [0, 0.05) is 5.56 Å². The van der Waals surface area contributed by atoms with Gasteiger partial charge in [-0.15, -0.1) is 0 Å². The molecule has 0 aliphatic carbocycles. The normalized spacial score (nSPS) is 16.7. The lowest BCUT2D eigenvalue weighted by Gasteiger charge is -2.24. The zero-order valence-corrected chi connectivity index (χ0v) is 17.4. The molecule has 0 spiro atoms. The molecule has 2 aromatic heterocycles. The predicted molar refractivity (Wildman–Crippen MR) is 112 cm³/mol. The second-order valence-corrected chi connectivity index (χ2v) is 7.50. The molecule has 0 N–H and O–H groups in total. The van der Waals surface area contributed by atoms with Crippen molar-refractivity contribution >= 4 is 0 Å². The molecule has 1 atom stereocenters. The molecular weight excluding hydrogens is 412 g/mol. The Bertz CT molecular complexity index is 1260. The van der Waals surface area contributed by atoms with Gasteiger partial charge in [0.2, 0.25) is 12.6 Å². The summed E-state index contributed by atoms with van der Waals surface area (Å²) in [5.41, 5.74) is 3.45. The van der Waals surface area contributed by atoms with Crippen molar-refractivity contribution in [3.8, 4) is 40.2 Å². The first-order chi connectivity index (χ1) is 15.8. The van der Waals surface area contributed by atoms with Gasteiger partial charge in [0.05, 0.1) is 25.5 Å². The molecule has 2 aliphatic heterocycles. The molecule has 9 nitrogen and oxygen atoms in total. The fourth-order valence-electron chi connectivity index (χ4n) is 3.86. The quantitative estimate of drug-likeness (QED) is 0.467. The first-order valence-corrected chi connectivity index (χ1v) is 10.4. The molecule has 4 heterocycles. The van der Waals surface area contributed by atoms with Crippen LogP contribution in [-0.4, -0.2) is 33.3 Å². The van der Waals surface area contributed by atoms with Gasteiger partial charge in [-0.25, -0.2) is 0 Å². The minimum atomic E-state index is -0.0854. The highest BCUT2D eigenvalue weighted by Crippen LogP contribution is 2.36. The third-order valence-corrected chi connectivity index (χ3v) is 5.47. The first kappa shape index (κ1) is 18.9. The Morgan fingerprint density at radius 3 is 2.81 bits per heavy atom. The molecule has 9 heteroatoms. The van der Waals surface area contributed by atoms with Gasteiger partial charge in [-0.05, 0) is 48.9 Å². The van der Waals surface area contributed by atoms with Crippen molar-refractivity contribution in [1.82, 2.24) is 19.9 Å². The standard InChI is InChI=1S/C23H20N4O5/c1-2-28-17-6-3-14(4-7-17)21-11-27-16(12-29-21)10-18(25-27)23-24-22(26-32-23)15-5-8-19-20(9-15)31-13-30-19/h3-10,21H,2,11-13H2,1H3/t21-/m0/s1. The molecule has 2 aromatic carbocycles. The number of rotatable bonds is 5. The zero-order valence-electron chi connectivity index (χ0n) is 17.4. The maximum Gasteiger partial charge on any atom is 0.278 e. The second-order valence-electron chi connectivity index (χ2n) is 7.50. The molecule has 0 bridgehead atoms. The van der Waals surface area contributed by atoms with E-state index >= 15 is 0 Å². The van der Waals surface area contributed by atoms with E-state index in [1.807, 2.05) is 60.1 Å². The van der Waals surface area contributed by atoms with Gasteiger partial charge >= 0.3 is 0 Å². The molecular formula is C23H20N4O5. The summed E-state index contributed by atoms with van der Waals surface area (Å²) in [4.78, 5) is 4.52. The van der Waals surface area contributed by atoms with Crippen LogP contribution in [0.3, 0.4) is 0 Å². The van der Waals surface area contributed by atoms with Crippen LogP contribution in [0.5, 0.6) is 17.2 Å². The molecule has 32 heavy (non-hydrogen) atoms. The SMILES string of the molecule is CCOc1ccc([C@@H]2Cn3nc(-c4nc(-c5ccc6c(c5)OCO6)no4)cc3CO2)cc1. The molecule has 6 rings (SSSR count). The Balaban J connectivity index is 1.21. The number of hydrogen-bond donors (Lipinski definition) is 0. The highest BCUT2D eigenvalue weighted by molar-refractivity contribution is 5.63. The van der Waals surface area contributed by atoms with Crippen molar-refractivity contribution in [2.45, 2.75) is 26.2 Å². The lowest BCUT2D eigenvalue weighted by Crippen LogP contribution is -2.21. The van der Waals surface area contributed by atoms with E-state index in [1.165, 1.54) is 0 Å². The zero-order chi connectivity index (χ0) is 21.5. The summed E-state index contributed by atoms with van der Waals surface area (Å²) in [6.45, 7) is 3.89. The number of fused-ring (bicyclic) bond motifs is 2. The Morgan fingerprint density at radius 2 is 1.94 bits per heavy atom. The molecule has 4 aromatic rings. The fraction of sp³-hybridized carbons (Fsp3) is 0.261. The van der Waals surface area contributed by atoms with Crippen LogP contribution in [0.2, 0.25) is 0 Å². The van der Waals surface area contributed by atoms with Crippen molar-refractivity contribution in [2.24, 2.45) is 0 Å². The third-order valence-electron chi connectivity index (χ3n) is 5.47. The summed E-state index contributed by atoms with van der Waals surface area (Å²) in [5.74, 6) is 3.05. The Morgan fingerprint density at radius 1 is 1.06 bits per heavy atom. The van der Waals surface area contributed by atoms with Crippen LogP contribution in [0.25, 0.3) is 23.0 Å². The Labute approximate surface area is 183 Å². The van der Waals surface area contributed by atoms with Crippen molar-refractivity contribution in [3.63, 3.8) is 0 Å². The molecule has 2 aliphatic rings. The smallest absolute Gasteiger partial charge is 0.278 e. The van der Waals surface area contributed by atoms with E-state index in [-0.39, 0.29) is 12.9 Å². The van der Waals surface area contributed by atoms with E-state index in [4.69, 9.17) is 23.5 Å². The molecule has 0 radical (unpaired) electrons. The number of hydrogen-bond acceptors (Lipinski definition) is 8. The summed E-state index contributed by atoms with van der Waals surface area (Å²) in [5, 5.41) is 8.79. The monoisotopic (exact) mass is 432 g/mol. The van der Waals surface area contributed by atoms with Crippen LogP contribution in [0, 0.1) is 0 Å². The van der Waals surface area contributed by atoms with Crippen molar-refractivity contribution < 1.29 is 23.5 Å². The topological polar surface area (TPSA) is 93.7 Å². The van der Waals surface area contributed by atoms with Crippen LogP contribution in [0.15, 0.2) is 53.1 Å². The van der Waals surface area contributed by atoms with Crippen LogP contribution in [0.4, 0.5) is 0 Å². The van der Waals surface area contributed by atoms with E-state index in [9.17, 15) is 0 Å². The molecule has 0 saturated heterocycles. The number of benzene rings is 2. The van der Waals surface area contributed by atoms with Gasteiger partial charge in [-0.1, -0.05) is 17.3 Å². The minimum absolute atomic E-state index is 0.0854. The fourth-order valence-corrected chi connectivity index (χ4v) is 3.86. The number of nitrogens with zero attached hydrogens (tertiary/aromatic N) is 4. The van der Waals surface area contributed by atoms with E-state index in [0.29, 0.717) is 48.7 Å². The average Bonchev–Trinajstić information content (AvgIpc) is 3.57. The van der Waals surface area contributed by atoms with Gasteiger partial charge in [-0.3, -0.25) is 4.68 Å². The van der Waals surface area contributed by atoms with Crippen LogP contribution >= 0.6 is 0 Å². The van der Waals surface area contributed by atoms with Crippen LogP contribution < -0.4 is 14.2 Å². The number of aromatic nitrogens is 4. The molecule has 0 amide bonds. The molecule has 162 valence electrons. The van der Waals surface area contributed by atoms with Crippen LogP contribution in [-0.2, 0) is 17.9 Å². The number of ether oxygens (including phenoxy) is 4. The van der Waals surface area contributed by atoms with Crippen molar-refractivity contribution in [2.75, 3.05) is 13.4 Å². The van der Waals surface area contributed by atoms with Gasteiger partial charge in [0.25, 0.3) is 5.89 Å². The highest BCUT2D eigenvalue weighted by Gasteiger charge is 2.25. The summed E-state index contributed by atoms with van der Waals surface area (Å²) < 4.78 is 29.8. The van der Waals surface area contributed by atoms with Crippen molar-refractivity contribution in [3.05, 3.63) is 59.8 Å². The highest BCUT2D eigenvalue weighted by atomic mass is 16.7. The maximum atomic E-state index is 6.06. The lowest BCUT2D eigenvalue weighted by molar-refractivity contribution is -0.00115. The summed E-state index contributed by atoms with van der Waals surface area (Å²) in [6, 6.07) is 15.4. The first-order valence-electron chi connectivity index (χ1n) is 10.4. The summed E-state index contributed by atoms with van der Waals surface area (Å²) in [7, 11) is 0. The van der Waals surface area contributed by atoms with Gasteiger partial charge in [0.1, 0.15) is 11.9 Å². The Hall–Kier alpha value is -3.85.